The zero-order valence-corrected chi connectivity index (χ0v) is 23.3. The zero-order valence-electron chi connectivity index (χ0n) is 20.7. The summed E-state index contributed by atoms with van der Waals surface area (Å²) in [6.45, 7) is 12.7. The summed E-state index contributed by atoms with van der Waals surface area (Å²) >= 11 is 3.24. The summed E-state index contributed by atoms with van der Waals surface area (Å²) in [6, 6.07) is 4.65. The number of rotatable bonds is 7. The van der Waals surface area contributed by atoms with Gasteiger partial charge in [0.2, 0.25) is 5.89 Å². The average Bonchev–Trinajstić information content (AvgIpc) is 3.42. The Labute approximate surface area is 214 Å². The van der Waals surface area contributed by atoms with Gasteiger partial charge in [0.05, 0.1) is 18.0 Å². The number of halogens is 3. The second-order valence-electron chi connectivity index (χ2n) is 10.5. The normalized spacial score (nSPS) is 21.9. The first-order chi connectivity index (χ1) is 16.5. The fourth-order valence-corrected chi connectivity index (χ4v) is 5.47. The molecule has 0 aliphatic carbocycles. The van der Waals surface area contributed by atoms with Crippen molar-refractivity contribution < 1.29 is 17.6 Å². The van der Waals surface area contributed by atoms with Crippen LogP contribution in [-0.2, 0) is 4.43 Å². The Morgan fingerprint density at radius 3 is 2.77 bits per heavy atom. The Bertz CT molecular complexity index is 1130. The number of benzene rings is 1. The van der Waals surface area contributed by atoms with Crippen LogP contribution >= 0.6 is 15.9 Å². The molecule has 4 rings (SSSR count). The van der Waals surface area contributed by atoms with Gasteiger partial charge in [0.15, 0.2) is 14.1 Å². The van der Waals surface area contributed by atoms with Crippen molar-refractivity contribution in [2.75, 3.05) is 25.0 Å². The lowest BCUT2D eigenvalue weighted by Crippen LogP contribution is -2.41. The molecule has 2 unspecified atom stereocenters. The second kappa shape index (κ2) is 10.1. The van der Waals surface area contributed by atoms with E-state index in [9.17, 15) is 4.39 Å². The third kappa shape index (κ3) is 5.67. The highest BCUT2D eigenvalue weighted by molar-refractivity contribution is 9.10. The Hall–Kier alpha value is -2.11. The molecule has 1 fully saturated rings. The zero-order chi connectivity index (χ0) is 25.4. The van der Waals surface area contributed by atoms with Gasteiger partial charge in [0.25, 0.3) is 0 Å². The Kier molecular flexibility index (Phi) is 7.49. The number of aromatic nitrogens is 2. The number of nitrogens with zero attached hydrogens (tertiary/aromatic N) is 4. The molecule has 3 heterocycles. The van der Waals surface area contributed by atoms with Gasteiger partial charge in [-0.15, -0.1) is 5.10 Å². The summed E-state index contributed by atoms with van der Waals surface area (Å²) in [5.74, 6) is -1.40. The molecule has 2 aliphatic heterocycles. The number of hydrogen-bond donors (Lipinski definition) is 1. The molecule has 1 N–H and O–H groups in total. The van der Waals surface area contributed by atoms with E-state index < -0.39 is 25.9 Å². The van der Waals surface area contributed by atoms with Gasteiger partial charge < -0.3 is 19.1 Å². The molecule has 0 saturated carbocycles. The van der Waals surface area contributed by atoms with E-state index in [4.69, 9.17) is 8.84 Å². The number of anilines is 1. The molecular weight excluding hydrogens is 536 g/mol. The molecule has 2 atom stereocenters. The molecule has 0 bridgehead atoms. The van der Waals surface area contributed by atoms with Crippen LogP contribution in [0, 0.1) is 5.82 Å². The summed E-state index contributed by atoms with van der Waals surface area (Å²) in [5, 5.41) is 11.6. The van der Waals surface area contributed by atoms with Crippen molar-refractivity contribution in [1.29, 1.82) is 0 Å². The van der Waals surface area contributed by atoms with Gasteiger partial charge in [-0.1, -0.05) is 41.8 Å². The van der Waals surface area contributed by atoms with Crippen molar-refractivity contribution in [1.82, 2.24) is 15.1 Å². The first-order valence-corrected chi connectivity index (χ1v) is 15.5. The molecule has 35 heavy (non-hydrogen) atoms. The Morgan fingerprint density at radius 2 is 2.06 bits per heavy atom. The first-order valence-electron chi connectivity index (χ1n) is 11.8. The van der Waals surface area contributed by atoms with Gasteiger partial charge in [-0.25, -0.2) is 13.8 Å². The highest BCUT2D eigenvalue weighted by Gasteiger charge is 2.43. The van der Waals surface area contributed by atoms with Crippen LogP contribution in [0.25, 0.3) is 0 Å². The van der Waals surface area contributed by atoms with Crippen molar-refractivity contribution in [3.05, 3.63) is 46.4 Å². The lowest BCUT2D eigenvalue weighted by atomic mass is 9.89. The quantitative estimate of drug-likeness (QED) is 0.302. The van der Waals surface area contributed by atoms with Crippen LogP contribution < -0.4 is 5.32 Å². The van der Waals surface area contributed by atoms with Gasteiger partial charge >= 0.3 is 6.01 Å². The van der Waals surface area contributed by atoms with Crippen LogP contribution in [0.2, 0.25) is 18.1 Å². The van der Waals surface area contributed by atoms with Crippen LogP contribution in [0.4, 0.5) is 20.5 Å². The number of hydrogen-bond acceptors (Lipinski definition) is 7. The molecule has 11 heteroatoms. The molecule has 0 amide bonds. The van der Waals surface area contributed by atoms with Crippen molar-refractivity contribution in [3.63, 3.8) is 0 Å². The highest BCUT2D eigenvalue weighted by atomic mass is 79.9. The average molecular weight is 569 g/mol. The van der Waals surface area contributed by atoms with E-state index in [0.717, 1.165) is 19.4 Å². The summed E-state index contributed by atoms with van der Waals surface area (Å²) in [6.07, 6.45) is 3.19. The van der Waals surface area contributed by atoms with Crippen LogP contribution in [0.3, 0.4) is 0 Å². The number of allylic oxidation sites excluding steroid dienone is 1. The summed E-state index contributed by atoms with van der Waals surface area (Å²) < 4.78 is 42.4. The molecule has 1 aromatic carbocycles. The summed E-state index contributed by atoms with van der Waals surface area (Å²) in [5.41, 5.74) is 0.162. The molecule has 2 aliphatic rings. The highest BCUT2D eigenvalue weighted by Crippen LogP contribution is 2.40. The van der Waals surface area contributed by atoms with Crippen molar-refractivity contribution in [3.8, 4) is 0 Å². The third-order valence-corrected chi connectivity index (χ3v) is 12.1. The largest absolute Gasteiger partial charge is 0.415 e. The summed E-state index contributed by atoms with van der Waals surface area (Å²) in [4.78, 5) is 6.33. The van der Waals surface area contributed by atoms with E-state index in [1.54, 1.807) is 6.07 Å². The van der Waals surface area contributed by atoms with Crippen LogP contribution in [-0.4, -0.2) is 54.9 Å². The van der Waals surface area contributed by atoms with Gasteiger partial charge in [0, 0.05) is 29.8 Å². The summed E-state index contributed by atoms with van der Waals surface area (Å²) in [7, 11) is -1.85. The molecular formula is C24H32BrF2N5O2Si. The van der Waals surface area contributed by atoms with Gasteiger partial charge in [0.1, 0.15) is 11.7 Å². The van der Waals surface area contributed by atoms with E-state index in [-0.39, 0.29) is 34.4 Å². The molecule has 7 nitrogen and oxygen atoms in total. The fraction of sp³-hybridized carbons (Fsp3) is 0.542. The maximum atomic E-state index is 15.2. The maximum Gasteiger partial charge on any atom is 0.315 e. The van der Waals surface area contributed by atoms with Crippen LogP contribution in [0.1, 0.15) is 45.4 Å². The SMILES string of the molecule is CC(C)(C)[Si](C)(C)OCCNc1nnc(C2C(=Nc3ccc(Br)cc3F)C(F)=CN3CCCC23)o1. The Morgan fingerprint density at radius 1 is 1.29 bits per heavy atom. The smallest absolute Gasteiger partial charge is 0.315 e. The first kappa shape index (κ1) is 26.0. The van der Waals surface area contributed by atoms with E-state index in [2.05, 4.69) is 70.3 Å². The number of aliphatic imine (C=N–C) groups is 1. The molecule has 0 radical (unpaired) electrons. The van der Waals surface area contributed by atoms with Gasteiger partial charge in [-0.2, -0.15) is 0 Å². The monoisotopic (exact) mass is 567 g/mol. The van der Waals surface area contributed by atoms with E-state index in [1.807, 2.05) is 4.90 Å². The van der Waals surface area contributed by atoms with E-state index in [0.29, 0.717) is 17.6 Å². The maximum absolute atomic E-state index is 15.2. The van der Waals surface area contributed by atoms with Crippen molar-refractivity contribution >= 4 is 41.7 Å². The molecule has 0 spiro atoms. The predicted octanol–water partition coefficient (Wildman–Crippen LogP) is 6.55. The lowest BCUT2D eigenvalue weighted by Gasteiger charge is -2.36. The minimum atomic E-state index is -1.85. The molecule has 2 aromatic rings. The Balaban J connectivity index is 1.54. The predicted molar refractivity (Wildman–Crippen MR) is 139 cm³/mol. The van der Waals surface area contributed by atoms with E-state index in [1.165, 1.54) is 18.3 Å². The number of nitrogens with one attached hydrogen (secondary N) is 1. The fourth-order valence-electron chi connectivity index (χ4n) is 4.09. The third-order valence-electron chi connectivity index (χ3n) is 7.05. The lowest BCUT2D eigenvalue weighted by molar-refractivity contribution is 0.290. The second-order valence-corrected chi connectivity index (χ2v) is 16.2. The van der Waals surface area contributed by atoms with E-state index >= 15 is 4.39 Å². The van der Waals surface area contributed by atoms with Gasteiger partial charge in [-0.05, 0) is 49.2 Å². The molecule has 190 valence electrons. The molecule has 1 saturated heterocycles. The minimum Gasteiger partial charge on any atom is -0.415 e. The topological polar surface area (TPSA) is 75.8 Å². The van der Waals surface area contributed by atoms with Crippen molar-refractivity contribution in [2.24, 2.45) is 4.99 Å². The standard InChI is InChI=1S/C24H32BrF2N5O2Si/c1-24(2,3)35(4,5)33-12-10-28-23-31-30-22(34-23)20-19-7-6-11-32(19)14-17(27)21(20)29-18-9-8-15(25)13-16(18)26/h8-9,13-14,19-20H,6-7,10-12H2,1-5H3,(H,28,31). The molecule has 1 aromatic heterocycles. The van der Waals surface area contributed by atoms with Gasteiger partial charge in [-0.3, -0.25) is 0 Å². The minimum absolute atomic E-state index is 0.0591. The number of fused-ring (bicyclic) bond motifs is 1. The van der Waals surface area contributed by atoms with Crippen molar-refractivity contribution in [2.45, 2.75) is 63.7 Å². The van der Waals surface area contributed by atoms with Crippen LogP contribution in [0.15, 0.2) is 44.1 Å². The van der Waals surface area contributed by atoms with Crippen LogP contribution in [0.5, 0.6) is 0 Å².